The number of benzene rings is 4. The zero-order chi connectivity index (χ0) is 36.2. The zero-order valence-corrected chi connectivity index (χ0v) is 30.0. The standard InChI is InChI=1S/C36H32Cl4N6O4/c1-21(23-7-13-27(14-8-23)41-35(49)29-17-11-25(37)19-31(29)39)43-45-33(47)5-3-4-6-34(48)46-44-22(2)24-9-15-28(16-10-24)42-36(50)30-18-12-26(38)20-32(30)40/h7-20H,3-6H2,1-2H3,(H,41,49)(H,42,50)(H,45,47)(H,46,48). The van der Waals surface area contributed by atoms with Crippen LogP contribution in [0.5, 0.6) is 0 Å². The van der Waals surface area contributed by atoms with Crippen LogP contribution in [0, 0.1) is 0 Å². The molecule has 0 unspecified atom stereocenters. The summed E-state index contributed by atoms with van der Waals surface area (Å²) >= 11 is 24.0. The number of nitrogens with zero attached hydrogens (tertiary/aromatic N) is 2. The van der Waals surface area contributed by atoms with Crippen LogP contribution in [0.15, 0.2) is 95.1 Å². The van der Waals surface area contributed by atoms with E-state index >= 15 is 0 Å². The normalized spacial score (nSPS) is 11.5. The van der Waals surface area contributed by atoms with Gasteiger partial charge < -0.3 is 10.6 Å². The molecular weight excluding hydrogens is 722 g/mol. The first-order valence-electron chi connectivity index (χ1n) is 15.3. The second-order valence-electron chi connectivity index (χ2n) is 11.0. The molecule has 4 aromatic rings. The molecule has 10 nitrogen and oxygen atoms in total. The predicted molar refractivity (Wildman–Crippen MR) is 201 cm³/mol. The molecule has 0 bridgehead atoms. The van der Waals surface area contributed by atoms with Crippen molar-refractivity contribution in [3.63, 3.8) is 0 Å². The van der Waals surface area contributed by atoms with Gasteiger partial charge in [-0.25, -0.2) is 10.9 Å². The smallest absolute Gasteiger partial charge is 0.257 e. The van der Waals surface area contributed by atoms with E-state index in [1.165, 1.54) is 12.1 Å². The molecule has 0 spiro atoms. The molecule has 4 aromatic carbocycles. The lowest BCUT2D eigenvalue weighted by Crippen LogP contribution is -2.20. The van der Waals surface area contributed by atoms with Crippen LogP contribution in [0.4, 0.5) is 11.4 Å². The maximum Gasteiger partial charge on any atom is 0.257 e. The van der Waals surface area contributed by atoms with Crippen molar-refractivity contribution in [3.8, 4) is 0 Å². The average molecular weight is 755 g/mol. The number of unbranched alkanes of at least 4 members (excludes halogenated alkanes) is 1. The summed E-state index contributed by atoms with van der Waals surface area (Å²) in [6.07, 6.45) is 1.35. The first kappa shape index (κ1) is 38.1. The lowest BCUT2D eigenvalue weighted by molar-refractivity contribution is -0.123. The third-order valence-corrected chi connectivity index (χ3v) is 8.32. The molecule has 0 aliphatic rings. The summed E-state index contributed by atoms with van der Waals surface area (Å²) in [5, 5.41) is 15.2. The molecule has 0 aromatic heterocycles. The maximum absolute atomic E-state index is 12.5. The van der Waals surface area contributed by atoms with Crippen LogP contribution >= 0.6 is 46.4 Å². The van der Waals surface area contributed by atoms with Crippen molar-refractivity contribution < 1.29 is 19.2 Å². The first-order chi connectivity index (χ1) is 23.9. The second kappa shape index (κ2) is 18.3. The van der Waals surface area contributed by atoms with E-state index in [1.54, 1.807) is 86.6 Å². The number of nitrogens with one attached hydrogen (secondary N) is 4. The van der Waals surface area contributed by atoms with E-state index in [0.29, 0.717) is 56.8 Å². The highest BCUT2D eigenvalue weighted by Crippen LogP contribution is 2.24. The summed E-state index contributed by atoms with van der Waals surface area (Å²) in [5.41, 5.74) is 9.44. The van der Waals surface area contributed by atoms with Gasteiger partial charge in [0.2, 0.25) is 11.8 Å². The SMILES string of the molecule is CC(=NNC(=O)CCCCC(=O)NN=C(C)c1ccc(NC(=O)c2ccc(Cl)cc2Cl)cc1)c1ccc(NC(=O)c2ccc(Cl)cc2Cl)cc1. The minimum Gasteiger partial charge on any atom is -0.322 e. The highest BCUT2D eigenvalue weighted by atomic mass is 35.5. The van der Waals surface area contributed by atoms with Crippen molar-refractivity contribution >= 4 is 92.8 Å². The van der Waals surface area contributed by atoms with E-state index in [2.05, 4.69) is 31.7 Å². The summed E-state index contributed by atoms with van der Waals surface area (Å²) in [6.45, 7) is 3.50. The molecule has 0 fully saturated rings. The molecule has 50 heavy (non-hydrogen) atoms. The van der Waals surface area contributed by atoms with Gasteiger partial charge in [0.1, 0.15) is 0 Å². The van der Waals surface area contributed by atoms with Crippen molar-refractivity contribution in [2.24, 2.45) is 10.2 Å². The average Bonchev–Trinajstić information content (AvgIpc) is 3.08. The summed E-state index contributed by atoms with van der Waals surface area (Å²) in [5.74, 6) is -1.30. The quantitative estimate of drug-likeness (QED) is 0.0616. The number of hydrogen-bond acceptors (Lipinski definition) is 6. The second-order valence-corrected chi connectivity index (χ2v) is 12.7. The molecule has 4 amide bonds. The highest BCUT2D eigenvalue weighted by Gasteiger charge is 2.13. The molecule has 0 saturated carbocycles. The fraction of sp³-hybridized carbons (Fsp3) is 0.167. The van der Waals surface area contributed by atoms with Crippen LogP contribution in [0.25, 0.3) is 0 Å². The molecule has 0 aliphatic carbocycles. The van der Waals surface area contributed by atoms with Crippen molar-refractivity contribution in [1.82, 2.24) is 10.9 Å². The fourth-order valence-electron chi connectivity index (χ4n) is 4.44. The Hall–Kier alpha value is -4.74. The molecule has 0 atom stereocenters. The Morgan fingerprint density at radius 3 is 1.24 bits per heavy atom. The number of halogens is 4. The highest BCUT2D eigenvalue weighted by molar-refractivity contribution is 6.38. The Bertz CT molecular complexity index is 1810. The fourth-order valence-corrected chi connectivity index (χ4v) is 5.43. The van der Waals surface area contributed by atoms with Gasteiger partial charge in [0.05, 0.1) is 32.6 Å². The number of amides is 4. The predicted octanol–water partition coefficient (Wildman–Crippen LogP) is 8.75. The van der Waals surface area contributed by atoms with Crippen LogP contribution in [-0.4, -0.2) is 35.1 Å². The summed E-state index contributed by atoms with van der Waals surface area (Å²) in [6, 6.07) is 23.2. The lowest BCUT2D eigenvalue weighted by atomic mass is 10.1. The molecule has 0 aliphatic heterocycles. The van der Waals surface area contributed by atoms with E-state index in [9.17, 15) is 19.2 Å². The molecule has 0 saturated heterocycles. The zero-order valence-electron chi connectivity index (χ0n) is 27.0. The number of carbonyl (C=O) groups is 4. The Balaban J connectivity index is 1.14. The summed E-state index contributed by atoms with van der Waals surface area (Å²) < 4.78 is 0. The number of carbonyl (C=O) groups excluding carboxylic acids is 4. The lowest BCUT2D eigenvalue weighted by Gasteiger charge is -2.08. The van der Waals surface area contributed by atoms with Crippen LogP contribution < -0.4 is 21.5 Å². The van der Waals surface area contributed by atoms with E-state index in [0.717, 1.165) is 11.1 Å². The summed E-state index contributed by atoms with van der Waals surface area (Å²) in [4.78, 5) is 49.6. The van der Waals surface area contributed by atoms with Gasteiger partial charge in [-0.3, -0.25) is 19.2 Å². The van der Waals surface area contributed by atoms with Gasteiger partial charge in [0, 0.05) is 34.3 Å². The number of hydrazone groups is 2. The maximum atomic E-state index is 12.5. The minimum atomic E-state index is -0.369. The van der Waals surface area contributed by atoms with Gasteiger partial charge in [0.25, 0.3) is 11.8 Å². The molecule has 14 heteroatoms. The molecule has 4 N–H and O–H groups in total. The van der Waals surface area contributed by atoms with Gasteiger partial charge in [-0.15, -0.1) is 0 Å². The van der Waals surface area contributed by atoms with Crippen LogP contribution in [-0.2, 0) is 9.59 Å². The van der Waals surface area contributed by atoms with Crippen LogP contribution in [0.2, 0.25) is 20.1 Å². The Morgan fingerprint density at radius 1 is 0.540 bits per heavy atom. The molecule has 258 valence electrons. The Labute approximate surface area is 309 Å². The van der Waals surface area contributed by atoms with Crippen molar-refractivity contribution in [3.05, 3.63) is 127 Å². The molecular formula is C36H32Cl4N6O4. The van der Waals surface area contributed by atoms with Gasteiger partial charge in [-0.1, -0.05) is 70.7 Å². The van der Waals surface area contributed by atoms with Gasteiger partial charge >= 0.3 is 0 Å². The topological polar surface area (TPSA) is 141 Å². The number of anilines is 2. The minimum absolute atomic E-state index is 0.192. The molecule has 0 radical (unpaired) electrons. The van der Waals surface area contributed by atoms with Gasteiger partial charge in [-0.2, -0.15) is 10.2 Å². The number of rotatable bonds is 13. The molecule has 4 rings (SSSR count). The largest absolute Gasteiger partial charge is 0.322 e. The van der Waals surface area contributed by atoms with Crippen LogP contribution in [0.3, 0.4) is 0 Å². The Kier molecular flexibility index (Phi) is 13.9. The van der Waals surface area contributed by atoms with E-state index in [-0.39, 0.29) is 46.5 Å². The number of hydrogen-bond donors (Lipinski definition) is 4. The van der Waals surface area contributed by atoms with Gasteiger partial charge in [0.15, 0.2) is 0 Å². The van der Waals surface area contributed by atoms with Crippen LogP contribution in [0.1, 0.15) is 71.4 Å². The first-order valence-corrected chi connectivity index (χ1v) is 16.8. The van der Waals surface area contributed by atoms with Crippen molar-refractivity contribution in [2.75, 3.05) is 10.6 Å². The van der Waals surface area contributed by atoms with E-state index in [4.69, 9.17) is 46.4 Å². The Morgan fingerprint density at radius 2 is 0.900 bits per heavy atom. The van der Waals surface area contributed by atoms with Gasteiger partial charge in [-0.05, 0) is 98.5 Å². The summed E-state index contributed by atoms with van der Waals surface area (Å²) in [7, 11) is 0. The van der Waals surface area contributed by atoms with Crippen molar-refractivity contribution in [2.45, 2.75) is 39.5 Å². The monoisotopic (exact) mass is 752 g/mol. The third-order valence-electron chi connectivity index (χ3n) is 7.23. The van der Waals surface area contributed by atoms with E-state index < -0.39 is 0 Å². The van der Waals surface area contributed by atoms with Crippen molar-refractivity contribution in [1.29, 1.82) is 0 Å². The third kappa shape index (κ3) is 11.4. The molecule has 0 heterocycles. The van der Waals surface area contributed by atoms with E-state index in [1.807, 2.05) is 0 Å².